The van der Waals surface area contributed by atoms with E-state index in [4.69, 9.17) is 4.42 Å². The number of carbonyl (C=O) groups excluding carboxylic acids is 1. The van der Waals surface area contributed by atoms with Crippen molar-refractivity contribution in [2.24, 2.45) is 0 Å². The molecule has 2 aliphatic rings. The smallest absolute Gasteiger partial charge is 0.256 e. The molecule has 2 N–H and O–H groups in total. The van der Waals surface area contributed by atoms with E-state index in [0.29, 0.717) is 0 Å². The van der Waals surface area contributed by atoms with Crippen molar-refractivity contribution in [2.45, 2.75) is 26.1 Å². The molecule has 0 spiro atoms. The maximum absolute atomic E-state index is 12.5. The highest BCUT2D eigenvalue weighted by Gasteiger charge is 2.33. The summed E-state index contributed by atoms with van der Waals surface area (Å²) in [6.07, 6.45) is 2.30. The SMILES string of the molecule is CCN1CCc2c(sc3c2C(=O)NC(c2ccco2)N3)C1. The molecule has 21 heavy (non-hydrogen) atoms. The second-order valence-corrected chi connectivity index (χ2v) is 6.50. The topological polar surface area (TPSA) is 57.5 Å². The molecule has 0 radical (unpaired) electrons. The Balaban J connectivity index is 1.69. The predicted molar refractivity (Wildman–Crippen MR) is 81.5 cm³/mol. The number of anilines is 1. The number of hydrogen-bond acceptors (Lipinski definition) is 5. The lowest BCUT2D eigenvalue weighted by Gasteiger charge is -2.27. The highest BCUT2D eigenvalue weighted by Crippen LogP contribution is 2.40. The van der Waals surface area contributed by atoms with Crippen molar-refractivity contribution in [2.75, 3.05) is 18.4 Å². The van der Waals surface area contributed by atoms with Gasteiger partial charge >= 0.3 is 0 Å². The summed E-state index contributed by atoms with van der Waals surface area (Å²) in [5, 5.41) is 7.35. The summed E-state index contributed by atoms with van der Waals surface area (Å²) in [5.41, 5.74) is 2.07. The van der Waals surface area contributed by atoms with Crippen molar-refractivity contribution in [1.29, 1.82) is 0 Å². The molecule has 2 aliphatic heterocycles. The van der Waals surface area contributed by atoms with E-state index < -0.39 is 0 Å². The van der Waals surface area contributed by atoms with Gasteiger partial charge in [0.2, 0.25) is 0 Å². The van der Waals surface area contributed by atoms with Gasteiger partial charge < -0.3 is 15.1 Å². The van der Waals surface area contributed by atoms with Crippen LogP contribution in [0.3, 0.4) is 0 Å². The molecule has 6 heteroatoms. The van der Waals surface area contributed by atoms with Crippen molar-refractivity contribution in [3.63, 3.8) is 0 Å². The Morgan fingerprint density at radius 1 is 1.48 bits per heavy atom. The van der Waals surface area contributed by atoms with Crippen LogP contribution in [0.2, 0.25) is 0 Å². The lowest BCUT2D eigenvalue weighted by Crippen LogP contribution is -2.38. The van der Waals surface area contributed by atoms with Crippen LogP contribution in [-0.2, 0) is 13.0 Å². The zero-order chi connectivity index (χ0) is 14.4. The van der Waals surface area contributed by atoms with Crippen molar-refractivity contribution in [1.82, 2.24) is 10.2 Å². The minimum absolute atomic E-state index is 0.00704. The van der Waals surface area contributed by atoms with Gasteiger partial charge in [0.15, 0.2) is 6.17 Å². The average molecular weight is 303 g/mol. The molecule has 0 aromatic carbocycles. The number of carbonyl (C=O) groups is 1. The molecule has 4 heterocycles. The Hall–Kier alpha value is -1.79. The monoisotopic (exact) mass is 303 g/mol. The fourth-order valence-electron chi connectivity index (χ4n) is 3.04. The predicted octanol–water partition coefficient (Wildman–Crippen LogP) is 2.57. The normalized spacial score (nSPS) is 21.4. The van der Waals surface area contributed by atoms with Gasteiger partial charge in [-0.25, -0.2) is 0 Å². The van der Waals surface area contributed by atoms with Crippen LogP contribution in [0.15, 0.2) is 22.8 Å². The fraction of sp³-hybridized carbons (Fsp3) is 0.400. The quantitative estimate of drug-likeness (QED) is 0.895. The lowest BCUT2D eigenvalue weighted by molar-refractivity contribution is 0.0930. The van der Waals surface area contributed by atoms with Gasteiger partial charge in [0, 0.05) is 18.0 Å². The van der Waals surface area contributed by atoms with Crippen LogP contribution in [-0.4, -0.2) is 23.9 Å². The van der Waals surface area contributed by atoms with Crippen molar-refractivity contribution in [3.8, 4) is 0 Å². The zero-order valence-corrected chi connectivity index (χ0v) is 12.6. The second kappa shape index (κ2) is 4.89. The zero-order valence-electron chi connectivity index (χ0n) is 11.8. The van der Waals surface area contributed by atoms with Gasteiger partial charge in [-0.05, 0) is 30.7 Å². The number of rotatable bonds is 2. The molecule has 2 aromatic rings. The molecule has 1 amide bonds. The summed E-state index contributed by atoms with van der Waals surface area (Å²) in [7, 11) is 0. The van der Waals surface area contributed by atoms with Crippen molar-refractivity contribution >= 4 is 22.2 Å². The van der Waals surface area contributed by atoms with Crippen LogP contribution in [0, 0.1) is 0 Å². The Bertz CT molecular complexity index is 677. The first-order valence-corrected chi connectivity index (χ1v) is 8.05. The van der Waals surface area contributed by atoms with Crippen LogP contribution in [0.1, 0.15) is 39.6 Å². The molecular formula is C15H17N3O2S. The molecule has 1 unspecified atom stereocenters. The van der Waals surface area contributed by atoms with E-state index >= 15 is 0 Å². The third-order valence-corrected chi connectivity index (χ3v) is 5.34. The standard InChI is InChI=1S/C15H17N3O2S/c1-2-18-6-5-9-11(8-18)21-15-12(9)14(19)16-13(17-15)10-4-3-7-20-10/h3-4,7,13,17H,2,5-6,8H2,1H3,(H,16,19). The van der Waals surface area contributed by atoms with Gasteiger partial charge in [0.1, 0.15) is 10.8 Å². The number of hydrogen-bond donors (Lipinski definition) is 2. The van der Waals surface area contributed by atoms with Gasteiger partial charge in [-0.2, -0.15) is 0 Å². The molecule has 0 fully saturated rings. The first-order chi connectivity index (χ1) is 10.3. The molecule has 110 valence electrons. The van der Waals surface area contributed by atoms with E-state index in [9.17, 15) is 4.79 Å². The summed E-state index contributed by atoms with van der Waals surface area (Å²) in [4.78, 5) is 16.2. The maximum atomic E-state index is 12.5. The second-order valence-electron chi connectivity index (χ2n) is 5.39. The van der Waals surface area contributed by atoms with E-state index in [1.807, 2.05) is 12.1 Å². The Kier molecular flexibility index (Phi) is 3.01. The number of nitrogens with zero attached hydrogens (tertiary/aromatic N) is 1. The molecule has 4 rings (SSSR count). The molecule has 0 aliphatic carbocycles. The lowest BCUT2D eigenvalue weighted by atomic mass is 10.0. The van der Waals surface area contributed by atoms with Crippen LogP contribution >= 0.6 is 11.3 Å². The minimum Gasteiger partial charge on any atom is -0.465 e. The Morgan fingerprint density at radius 3 is 3.14 bits per heavy atom. The summed E-state index contributed by atoms with van der Waals surface area (Å²) in [5.74, 6) is 0.739. The number of amides is 1. The van der Waals surface area contributed by atoms with Gasteiger partial charge in [-0.1, -0.05) is 6.92 Å². The van der Waals surface area contributed by atoms with Crippen LogP contribution in [0.5, 0.6) is 0 Å². The van der Waals surface area contributed by atoms with Gasteiger partial charge in [-0.3, -0.25) is 9.69 Å². The van der Waals surface area contributed by atoms with Gasteiger partial charge in [-0.15, -0.1) is 11.3 Å². The number of thiophene rings is 1. The van der Waals surface area contributed by atoms with Crippen LogP contribution < -0.4 is 10.6 Å². The van der Waals surface area contributed by atoms with E-state index in [0.717, 1.165) is 42.4 Å². The number of nitrogens with one attached hydrogen (secondary N) is 2. The highest BCUT2D eigenvalue weighted by molar-refractivity contribution is 7.16. The molecule has 0 bridgehead atoms. The molecule has 5 nitrogen and oxygen atoms in total. The summed E-state index contributed by atoms with van der Waals surface area (Å²) >= 11 is 1.71. The van der Waals surface area contributed by atoms with Crippen molar-refractivity contribution < 1.29 is 9.21 Å². The first-order valence-electron chi connectivity index (χ1n) is 7.24. The molecule has 2 aromatic heterocycles. The maximum Gasteiger partial charge on any atom is 0.256 e. The Labute approximate surface area is 126 Å². The average Bonchev–Trinajstić information content (AvgIpc) is 3.13. The number of fused-ring (bicyclic) bond motifs is 3. The summed E-state index contributed by atoms with van der Waals surface area (Å²) < 4.78 is 5.39. The Morgan fingerprint density at radius 2 is 2.38 bits per heavy atom. The minimum atomic E-state index is -0.276. The molecule has 0 saturated carbocycles. The van der Waals surface area contributed by atoms with Gasteiger partial charge in [0.05, 0.1) is 11.8 Å². The largest absolute Gasteiger partial charge is 0.465 e. The van der Waals surface area contributed by atoms with E-state index in [2.05, 4.69) is 22.5 Å². The molecule has 0 saturated heterocycles. The van der Waals surface area contributed by atoms with E-state index in [1.54, 1.807) is 17.6 Å². The first kappa shape index (κ1) is 12.9. The van der Waals surface area contributed by atoms with Crippen LogP contribution in [0.4, 0.5) is 5.00 Å². The fourth-order valence-corrected chi connectivity index (χ4v) is 4.35. The van der Waals surface area contributed by atoms with E-state index in [-0.39, 0.29) is 12.1 Å². The third-order valence-electron chi connectivity index (χ3n) is 4.19. The van der Waals surface area contributed by atoms with Crippen molar-refractivity contribution in [3.05, 3.63) is 40.2 Å². The third kappa shape index (κ3) is 2.06. The molecular weight excluding hydrogens is 286 g/mol. The summed E-state index contributed by atoms with van der Waals surface area (Å²) in [6.45, 7) is 5.21. The number of furan rings is 1. The van der Waals surface area contributed by atoms with Crippen LogP contribution in [0.25, 0.3) is 0 Å². The van der Waals surface area contributed by atoms with Gasteiger partial charge in [0.25, 0.3) is 5.91 Å². The summed E-state index contributed by atoms with van der Waals surface area (Å²) in [6, 6.07) is 3.70. The van der Waals surface area contributed by atoms with E-state index in [1.165, 1.54) is 10.4 Å². The number of likely N-dealkylation sites (N-methyl/N-ethyl adjacent to an activating group) is 1. The highest BCUT2D eigenvalue weighted by atomic mass is 32.1. The molecule has 1 atom stereocenters.